The number of nitrogens with one attached hydrogen (secondary N) is 1. The zero-order valence-corrected chi connectivity index (χ0v) is 12.4. The number of carbonyl (C=O) groups excluding carboxylic acids is 2. The van der Waals surface area contributed by atoms with E-state index in [1.165, 1.54) is 0 Å². The van der Waals surface area contributed by atoms with E-state index in [1.807, 2.05) is 20.8 Å². The Kier molecular flexibility index (Phi) is 5.99. The number of amides is 2. The van der Waals surface area contributed by atoms with Crippen molar-refractivity contribution in [2.24, 2.45) is 5.92 Å². The summed E-state index contributed by atoms with van der Waals surface area (Å²) in [5.74, 6) is 0.148. The lowest BCUT2D eigenvalue weighted by Gasteiger charge is -2.27. The van der Waals surface area contributed by atoms with Crippen LogP contribution in [0.4, 0.5) is 0 Å². The van der Waals surface area contributed by atoms with Crippen molar-refractivity contribution in [3.8, 4) is 0 Å². The predicted molar refractivity (Wildman–Crippen MR) is 75.6 cm³/mol. The second-order valence-electron chi connectivity index (χ2n) is 5.17. The van der Waals surface area contributed by atoms with Crippen molar-refractivity contribution in [2.75, 3.05) is 13.1 Å². The van der Waals surface area contributed by atoms with Gasteiger partial charge in [0.15, 0.2) is 0 Å². The first-order valence-corrected chi connectivity index (χ1v) is 7.27. The lowest BCUT2D eigenvalue weighted by molar-refractivity contribution is -0.138. The van der Waals surface area contributed by atoms with Gasteiger partial charge in [0.25, 0.3) is 0 Å². The first-order valence-electron chi connectivity index (χ1n) is 6.75. The van der Waals surface area contributed by atoms with Gasteiger partial charge in [0, 0.05) is 13.1 Å². The quantitative estimate of drug-likeness (QED) is 0.744. The molecular formula is C13H24N2O2S. The average Bonchev–Trinajstić information content (AvgIpc) is 2.82. The lowest BCUT2D eigenvalue weighted by atomic mass is 10.1. The van der Waals surface area contributed by atoms with Gasteiger partial charge in [-0.3, -0.25) is 9.59 Å². The molecule has 2 amide bonds. The molecule has 1 saturated heterocycles. The highest BCUT2D eigenvalue weighted by Gasteiger charge is 2.36. The van der Waals surface area contributed by atoms with Gasteiger partial charge in [-0.15, -0.1) is 0 Å². The number of hydrogen-bond acceptors (Lipinski definition) is 3. The smallest absolute Gasteiger partial charge is 0.242 e. The van der Waals surface area contributed by atoms with E-state index >= 15 is 0 Å². The topological polar surface area (TPSA) is 49.4 Å². The Morgan fingerprint density at radius 1 is 1.44 bits per heavy atom. The number of rotatable bonds is 5. The number of likely N-dealkylation sites (tertiary alicyclic amines) is 1. The number of nitrogens with zero attached hydrogens (tertiary/aromatic N) is 1. The maximum atomic E-state index is 12.2. The molecule has 1 aliphatic rings. The minimum atomic E-state index is -0.315. The fourth-order valence-corrected chi connectivity index (χ4v) is 2.27. The van der Waals surface area contributed by atoms with Crippen LogP contribution in [0.25, 0.3) is 0 Å². The second kappa shape index (κ2) is 7.02. The Morgan fingerprint density at radius 2 is 2.11 bits per heavy atom. The molecule has 2 unspecified atom stereocenters. The number of carbonyl (C=O) groups is 2. The first kappa shape index (κ1) is 15.3. The maximum Gasteiger partial charge on any atom is 0.242 e. The summed E-state index contributed by atoms with van der Waals surface area (Å²) in [5.41, 5.74) is 0. The van der Waals surface area contributed by atoms with Crippen molar-refractivity contribution >= 4 is 24.4 Å². The summed E-state index contributed by atoms with van der Waals surface area (Å²) in [5, 5.41) is 2.55. The van der Waals surface area contributed by atoms with Crippen LogP contribution in [0.3, 0.4) is 0 Å². The SMILES string of the molecule is CCCNC(=O)C1CCCN1C(=O)C(S)C(C)C. The summed E-state index contributed by atoms with van der Waals surface area (Å²) in [7, 11) is 0. The molecule has 1 heterocycles. The molecule has 0 bridgehead atoms. The molecule has 18 heavy (non-hydrogen) atoms. The Morgan fingerprint density at radius 3 is 2.67 bits per heavy atom. The summed E-state index contributed by atoms with van der Waals surface area (Å²) in [6.45, 7) is 7.30. The van der Waals surface area contributed by atoms with E-state index in [1.54, 1.807) is 4.90 Å². The van der Waals surface area contributed by atoms with Gasteiger partial charge in [0.2, 0.25) is 11.8 Å². The second-order valence-corrected chi connectivity index (χ2v) is 5.73. The van der Waals surface area contributed by atoms with Crippen LogP contribution in [0.15, 0.2) is 0 Å². The number of hydrogen-bond donors (Lipinski definition) is 2. The third kappa shape index (κ3) is 3.64. The number of thiol groups is 1. The third-order valence-electron chi connectivity index (χ3n) is 3.27. The molecule has 1 fully saturated rings. The highest BCUT2D eigenvalue weighted by atomic mass is 32.1. The largest absolute Gasteiger partial charge is 0.354 e. The van der Waals surface area contributed by atoms with E-state index in [0.29, 0.717) is 13.1 Å². The van der Waals surface area contributed by atoms with Crippen molar-refractivity contribution in [2.45, 2.75) is 51.3 Å². The molecule has 2 atom stereocenters. The molecule has 0 aromatic rings. The molecule has 0 aromatic heterocycles. The monoisotopic (exact) mass is 272 g/mol. The van der Waals surface area contributed by atoms with Crippen LogP contribution in [0.2, 0.25) is 0 Å². The van der Waals surface area contributed by atoms with Crippen molar-refractivity contribution < 1.29 is 9.59 Å². The molecule has 0 saturated carbocycles. The van der Waals surface area contributed by atoms with Gasteiger partial charge >= 0.3 is 0 Å². The van der Waals surface area contributed by atoms with Crippen LogP contribution < -0.4 is 5.32 Å². The molecule has 1 aliphatic heterocycles. The highest BCUT2D eigenvalue weighted by Crippen LogP contribution is 2.22. The van der Waals surface area contributed by atoms with Gasteiger partial charge in [0.1, 0.15) is 6.04 Å². The van der Waals surface area contributed by atoms with Crippen molar-refractivity contribution in [3.05, 3.63) is 0 Å². The molecule has 104 valence electrons. The molecule has 4 nitrogen and oxygen atoms in total. The van der Waals surface area contributed by atoms with Crippen LogP contribution in [-0.4, -0.2) is 41.1 Å². The van der Waals surface area contributed by atoms with Gasteiger partial charge in [-0.1, -0.05) is 20.8 Å². The van der Waals surface area contributed by atoms with E-state index < -0.39 is 0 Å². The van der Waals surface area contributed by atoms with E-state index in [2.05, 4.69) is 17.9 Å². The summed E-state index contributed by atoms with van der Waals surface area (Å²) < 4.78 is 0. The molecule has 0 spiro atoms. The van der Waals surface area contributed by atoms with Gasteiger partial charge in [-0.05, 0) is 25.2 Å². The van der Waals surface area contributed by atoms with Crippen LogP contribution in [0.1, 0.15) is 40.0 Å². The van der Waals surface area contributed by atoms with Crippen LogP contribution >= 0.6 is 12.6 Å². The van der Waals surface area contributed by atoms with E-state index in [-0.39, 0.29) is 29.0 Å². The van der Waals surface area contributed by atoms with Crippen molar-refractivity contribution in [1.29, 1.82) is 0 Å². The first-order chi connectivity index (χ1) is 8.49. The highest BCUT2D eigenvalue weighted by molar-refractivity contribution is 7.81. The lowest BCUT2D eigenvalue weighted by Crippen LogP contribution is -2.49. The molecule has 1 rings (SSSR count). The van der Waals surface area contributed by atoms with Crippen molar-refractivity contribution in [1.82, 2.24) is 10.2 Å². The molecule has 0 aromatic carbocycles. The van der Waals surface area contributed by atoms with Crippen LogP contribution in [-0.2, 0) is 9.59 Å². The van der Waals surface area contributed by atoms with Crippen LogP contribution in [0.5, 0.6) is 0 Å². The van der Waals surface area contributed by atoms with E-state index in [9.17, 15) is 9.59 Å². The molecule has 0 radical (unpaired) electrons. The van der Waals surface area contributed by atoms with Gasteiger partial charge in [-0.2, -0.15) is 12.6 Å². The molecule has 1 N–H and O–H groups in total. The molecule has 0 aliphatic carbocycles. The Balaban J connectivity index is 2.64. The predicted octanol–water partition coefficient (Wildman–Crippen LogP) is 1.46. The normalized spacial score (nSPS) is 21.2. The fourth-order valence-electron chi connectivity index (χ4n) is 2.12. The molecular weight excluding hydrogens is 248 g/mol. The van der Waals surface area contributed by atoms with E-state index in [0.717, 1.165) is 19.3 Å². The minimum Gasteiger partial charge on any atom is -0.354 e. The third-order valence-corrected chi connectivity index (χ3v) is 4.09. The Hall–Kier alpha value is -0.710. The Bertz CT molecular complexity index is 307. The molecule has 5 heteroatoms. The summed E-state index contributed by atoms with van der Waals surface area (Å²) in [4.78, 5) is 25.9. The summed E-state index contributed by atoms with van der Waals surface area (Å²) >= 11 is 4.35. The minimum absolute atomic E-state index is 0.0116. The summed E-state index contributed by atoms with van der Waals surface area (Å²) in [6.07, 6.45) is 2.57. The standard InChI is InChI=1S/C13H24N2O2S/c1-4-7-14-12(16)10-6-5-8-15(10)13(17)11(18)9(2)3/h9-11,18H,4-8H2,1-3H3,(H,14,16). The van der Waals surface area contributed by atoms with Crippen LogP contribution in [0, 0.1) is 5.92 Å². The Labute approximate surface area is 115 Å². The van der Waals surface area contributed by atoms with Crippen molar-refractivity contribution in [3.63, 3.8) is 0 Å². The zero-order valence-electron chi connectivity index (χ0n) is 11.5. The van der Waals surface area contributed by atoms with Gasteiger partial charge < -0.3 is 10.2 Å². The van der Waals surface area contributed by atoms with E-state index in [4.69, 9.17) is 0 Å². The van der Waals surface area contributed by atoms with Gasteiger partial charge in [0.05, 0.1) is 5.25 Å². The fraction of sp³-hybridized carbons (Fsp3) is 0.846. The zero-order chi connectivity index (χ0) is 13.7. The van der Waals surface area contributed by atoms with Gasteiger partial charge in [-0.25, -0.2) is 0 Å². The maximum absolute atomic E-state index is 12.2. The average molecular weight is 272 g/mol. The summed E-state index contributed by atoms with van der Waals surface area (Å²) in [6, 6.07) is -0.294.